The van der Waals surface area contributed by atoms with E-state index in [9.17, 15) is 17.6 Å². The van der Waals surface area contributed by atoms with Gasteiger partial charge < -0.3 is 14.9 Å². The lowest BCUT2D eigenvalue weighted by Gasteiger charge is -2.35. The van der Waals surface area contributed by atoms with Crippen LogP contribution in [0.3, 0.4) is 0 Å². The zero-order chi connectivity index (χ0) is 21.0. The number of nitrogens with one attached hydrogen (secondary N) is 1. The van der Waals surface area contributed by atoms with Gasteiger partial charge in [0, 0.05) is 18.7 Å². The summed E-state index contributed by atoms with van der Waals surface area (Å²) in [6.07, 6.45) is -5.03. The molecule has 0 aromatic heterocycles. The molecule has 2 aliphatic heterocycles. The maximum absolute atomic E-state index is 14.4. The molecule has 0 spiro atoms. The lowest BCUT2D eigenvalue weighted by molar-refractivity contribution is -0.352. The molecule has 0 amide bonds. The van der Waals surface area contributed by atoms with Crippen molar-refractivity contribution in [3.63, 3.8) is 0 Å². The Morgan fingerprint density at radius 3 is 2.03 bits per heavy atom. The molecule has 1 N–H and O–H groups in total. The van der Waals surface area contributed by atoms with E-state index in [1.807, 2.05) is 0 Å². The Morgan fingerprint density at radius 1 is 0.966 bits per heavy atom. The molecule has 2 aromatic carbocycles. The van der Waals surface area contributed by atoms with E-state index in [2.05, 4.69) is 10.5 Å². The van der Waals surface area contributed by atoms with E-state index in [1.54, 1.807) is 0 Å². The summed E-state index contributed by atoms with van der Waals surface area (Å²) in [6.45, 7) is 0.338. The summed E-state index contributed by atoms with van der Waals surface area (Å²) in [5.41, 5.74) is -1.44. The Kier molecular flexibility index (Phi) is 4.89. The largest absolute Gasteiger partial charge is 0.475 e. The second-order valence-corrected chi connectivity index (χ2v) is 7.80. The van der Waals surface area contributed by atoms with Crippen molar-refractivity contribution < 1.29 is 27.1 Å². The van der Waals surface area contributed by atoms with Crippen LogP contribution in [0.5, 0.6) is 0 Å². The molecule has 0 radical (unpaired) electrons. The molecule has 0 aliphatic carbocycles. The Hall–Kier alpha value is -1.74. The van der Waals surface area contributed by atoms with E-state index < -0.39 is 29.1 Å². The predicted octanol–water partition coefficient (Wildman–Crippen LogP) is 5.54. The van der Waals surface area contributed by atoms with Crippen LogP contribution in [0.2, 0.25) is 15.1 Å². The standard InChI is InChI=1S/C18H11Cl3F4N2O2/c19-12-5-11(6-13(20)14(12)21)17(18(23,24)25)28-15(27-29-17)9-1-3-10(4-2-9)16(22)7-26-8-16/h1-6,26H,7-8H2. The Labute approximate surface area is 177 Å². The first-order valence-electron chi connectivity index (χ1n) is 8.23. The summed E-state index contributed by atoms with van der Waals surface area (Å²) >= 11 is 17.6. The zero-order valence-electron chi connectivity index (χ0n) is 14.3. The molecule has 0 bridgehead atoms. The summed E-state index contributed by atoms with van der Waals surface area (Å²) in [5.74, 6) is -3.67. The van der Waals surface area contributed by atoms with Gasteiger partial charge in [-0.25, -0.2) is 4.39 Å². The highest BCUT2D eigenvalue weighted by Gasteiger charge is 2.66. The first kappa shape index (κ1) is 20.5. The van der Waals surface area contributed by atoms with Crippen molar-refractivity contribution in [2.45, 2.75) is 17.6 Å². The number of ether oxygens (including phenoxy) is 1. The van der Waals surface area contributed by atoms with Crippen molar-refractivity contribution in [2.24, 2.45) is 5.16 Å². The summed E-state index contributed by atoms with van der Waals surface area (Å²) in [6, 6.07) is 7.64. The van der Waals surface area contributed by atoms with E-state index >= 15 is 0 Å². The quantitative estimate of drug-likeness (QED) is 0.474. The lowest BCUT2D eigenvalue weighted by atomic mass is 9.89. The molecule has 1 unspecified atom stereocenters. The van der Waals surface area contributed by atoms with Crippen LogP contribution in [0.1, 0.15) is 16.7 Å². The Bertz CT molecular complexity index is 971. The van der Waals surface area contributed by atoms with Gasteiger partial charge in [0.15, 0.2) is 5.67 Å². The van der Waals surface area contributed by atoms with E-state index in [1.165, 1.54) is 24.3 Å². The molecule has 4 rings (SSSR count). The molecule has 11 heteroatoms. The highest BCUT2D eigenvalue weighted by Crippen LogP contribution is 2.49. The van der Waals surface area contributed by atoms with Crippen molar-refractivity contribution in [3.05, 3.63) is 68.2 Å². The number of hydrogen-bond donors (Lipinski definition) is 1. The molecule has 4 nitrogen and oxygen atoms in total. The van der Waals surface area contributed by atoms with Crippen molar-refractivity contribution in [2.75, 3.05) is 13.1 Å². The molecule has 0 saturated carbocycles. The second-order valence-electron chi connectivity index (χ2n) is 6.60. The summed E-state index contributed by atoms with van der Waals surface area (Å²) in [7, 11) is 0. The van der Waals surface area contributed by atoms with Crippen LogP contribution in [0.15, 0.2) is 41.6 Å². The van der Waals surface area contributed by atoms with Crippen LogP contribution < -0.4 is 5.32 Å². The fourth-order valence-electron chi connectivity index (χ4n) is 2.98. The smallest absolute Gasteiger partial charge is 0.419 e. The topological polar surface area (TPSA) is 42.9 Å². The summed E-state index contributed by atoms with van der Waals surface area (Å²) in [5, 5.41) is 5.78. The highest BCUT2D eigenvalue weighted by atomic mass is 35.5. The van der Waals surface area contributed by atoms with Crippen molar-refractivity contribution in [1.82, 2.24) is 5.32 Å². The van der Waals surface area contributed by atoms with Gasteiger partial charge in [-0.15, -0.1) is 0 Å². The lowest BCUT2D eigenvalue weighted by Crippen LogP contribution is -2.53. The third-order valence-corrected chi connectivity index (χ3v) is 5.89. The van der Waals surface area contributed by atoms with Crippen LogP contribution in [-0.4, -0.2) is 25.2 Å². The number of rotatable bonds is 3. The summed E-state index contributed by atoms with van der Waals surface area (Å²) in [4.78, 5) is 4.73. The Balaban J connectivity index is 1.67. The average molecular weight is 470 g/mol. The normalized spacial score (nSPS) is 23.1. The SMILES string of the molecule is FC1(c2ccc(C3=NOC(c4cc(Cl)c(Cl)c(Cl)c4)(C(F)(F)F)O3)cc2)CNC1. The van der Waals surface area contributed by atoms with Gasteiger partial charge in [0.2, 0.25) is 0 Å². The maximum atomic E-state index is 14.4. The van der Waals surface area contributed by atoms with Crippen LogP contribution in [0.25, 0.3) is 0 Å². The van der Waals surface area contributed by atoms with Crippen molar-refractivity contribution >= 4 is 40.7 Å². The van der Waals surface area contributed by atoms with Gasteiger partial charge in [0.1, 0.15) is 0 Å². The molecular formula is C18H11Cl3F4N2O2. The highest BCUT2D eigenvalue weighted by molar-refractivity contribution is 6.48. The van der Waals surface area contributed by atoms with Gasteiger partial charge >= 0.3 is 12.0 Å². The molecule has 29 heavy (non-hydrogen) atoms. The number of alkyl halides is 4. The minimum atomic E-state index is -5.03. The Morgan fingerprint density at radius 2 is 1.55 bits per heavy atom. The first-order chi connectivity index (χ1) is 13.6. The molecule has 154 valence electrons. The molecule has 1 fully saturated rings. The molecule has 2 aliphatic rings. The van der Waals surface area contributed by atoms with Gasteiger partial charge in [-0.2, -0.15) is 13.2 Å². The second kappa shape index (κ2) is 6.91. The van der Waals surface area contributed by atoms with Gasteiger partial charge in [-0.1, -0.05) is 46.9 Å². The van der Waals surface area contributed by atoms with Crippen LogP contribution >= 0.6 is 34.8 Å². The minimum Gasteiger partial charge on any atom is -0.419 e. The third-order valence-electron chi connectivity index (χ3n) is 4.69. The van der Waals surface area contributed by atoms with Gasteiger partial charge in [-0.05, 0) is 35.0 Å². The maximum Gasteiger partial charge on any atom is 0.475 e. The number of nitrogens with zero attached hydrogens (tertiary/aromatic N) is 1. The molecule has 2 heterocycles. The minimum absolute atomic E-state index is 0.102. The number of hydrogen-bond acceptors (Lipinski definition) is 4. The van der Waals surface area contributed by atoms with Crippen LogP contribution in [0.4, 0.5) is 17.6 Å². The van der Waals surface area contributed by atoms with E-state index in [4.69, 9.17) is 44.4 Å². The molecule has 1 atom stereocenters. The van der Waals surface area contributed by atoms with Gasteiger partial charge in [0.05, 0.1) is 20.6 Å². The van der Waals surface area contributed by atoms with E-state index in [0.717, 1.165) is 12.1 Å². The molecule has 2 aromatic rings. The predicted molar refractivity (Wildman–Crippen MR) is 100 cm³/mol. The number of halogens is 7. The first-order valence-corrected chi connectivity index (χ1v) is 9.37. The van der Waals surface area contributed by atoms with Crippen molar-refractivity contribution in [1.29, 1.82) is 0 Å². The fourth-order valence-corrected chi connectivity index (χ4v) is 3.58. The third kappa shape index (κ3) is 3.32. The van der Waals surface area contributed by atoms with Gasteiger partial charge in [-0.3, -0.25) is 0 Å². The number of oxime groups is 1. The van der Waals surface area contributed by atoms with Crippen molar-refractivity contribution in [3.8, 4) is 0 Å². The monoisotopic (exact) mass is 468 g/mol. The van der Waals surface area contributed by atoms with E-state index in [-0.39, 0.29) is 33.7 Å². The fraction of sp³-hybridized carbons (Fsp3) is 0.278. The number of benzene rings is 2. The van der Waals surface area contributed by atoms with Crippen LogP contribution in [-0.2, 0) is 21.0 Å². The average Bonchev–Trinajstić information content (AvgIpc) is 3.11. The summed E-state index contributed by atoms with van der Waals surface area (Å²) < 4.78 is 61.3. The molecular weight excluding hydrogens is 459 g/mol. The van der Waals surface area contributed by atoms with E-state index in [0.29, 0.717) is 5.56 Å². The van der Waals surface area contributed by atoms with Gasteiger partial charge in [0.25, 0.3) is 5.90 Å². The van der Waals surface area contributed by atoms with Crippen LogP contribution in [0, 0.1) is 0 Å². The molecule has 1 saturated heterocycles. The zero-order valence-corrected chi connectivity index (χ0v) is 16.6.